The van der Waals surface area contributed by atoms with Crippen molar-refractivity contribution in [2.24, 2.45) is 5.73 Å². The van der Waals surface area contributed by atoms with Crippen LogP contribution in [-0.2, 0) is 6.54 Å². The van der Waals surface area contributed by atoms with Crippen LogP contribution in [0.15, 0.2) is 27.2 Å². The molecule has 3 heterocycles. The van der Waals surface area contributed by atoms with Crippen molar-refractivity contribution in [2.75, 3.05) is 13.1 Å². The number of rotatable bonds is 3. The first-order valence-corrected chi connectivity index (χ1v) is 5.65. The van der Waals surface area contributed by atoms with Crippen LogP contribution in [0.2, 0.25) is 0 Å². The monoisotopic (exact) mass is 234 g/mol. The molecule has 0 amide bonds. The Hall–Kier alpha value is -1.66. The van der Waals surface area contributed by atoms with Crippen molar-refractivity contribution in [2.45, 2.75) is 19.0 Å². The Morgan fingerprint density at radius 2 is 2.41 bits per heavy atom. The van der Waals surface area contributed by atoms with E-state index in [1.165, 1.54) is 0 Å². The molecule has 2 aromatic heterocycles. The second-order valence-electron chi connectivity index (χ2n) is 4.26. The molecule has 1 atom stereocenters. The van der Waals surface area contributed by atoms with Gasteiger partial charge in [-0.25, -0.2) is 0 Å². The molecule has 0 radical (unpaired) electrons. The maximum atomic E-state index is 5.84. The van der Waals surface area contributed by atoms with Gasteiger partial charge in [0, 0.05) is 19.1 Å². The van der Waals surface area contributed by atoms with Crippen LogP contribution >= 0.6 is 0 Å². The molecule has 17 heavy (non-hydrogen) atoms. The zero-order valence-corrected chi connectivity index (χ0v) is 9.37. The van der Waals surface area contributed by atoms with Gasteiger partial charge in [-0.2, -0.15) is 0 Å². The van der Waals surface area contributed by atoms with Gasteiger partial charge in [-0.3, -0.25) is 4.90 Å². The summed E-state index contributed by atoms with van der Waals surface area (Å²) in [5.74, 6) is 1.63. The average Bonchev–Trinajstić information content (AvgIpc) is 3.00. The molecule has 0 spiro atoms. The van der Waals surface area contributed by atoms with Gasteiger partial charge in [0.25, 0.3) is 5.89 Å². The fraction of sp³-hybridized carbons (Fsp3) is 0.455. The van der Waals surface area contributed by atoms with Gasteiger partial charge < -0.3 is 14.6 Å². The van der Waals surface area contributed by atoms with Crippen LogP contribution in [0.5, 0.6) is 0 Å². The molecule has 0 unspecified atom stereocenters. The molecular weight excluding hydrogens is 220 g/mol. The predicted octanol–water partition coefficient (Wildman–Crippen LogP) is 0.863. The number of hydrogen-bond acceptors (Lipinski definition) is 6. The van der Waals surface area contributed by atoms with Gasteiger partial charge in [0.2, 0.25) is 5.89 Å². The Balaban J connectivity index is 1.69. The highest BCUT2D eigenvalue weighted by Crippen LogP contribution is 2.19. The first kappa shape index (κ1) is 10.5. The van der Waals surface area contributed by atoms with Gasteiger partial charge in [-0.1, -0.05) is 0 Å². The molecule has 90 valence electrons. The maximum absolute atomic E-state index is 5.84. The van der Waals surface area contributed by atoms with E-state index in [-0.39, 0.29) is 6.04 Å². The Morgan fingerprint density at radius 3 is 3.12 bits per heavy atom. The SMILES string of the molecule is N[C@@H]1CCN(Cc2nnc(-c3ccco3)o2)C1. The number of furan rings is 1. The number of hydrogen-bond donors (Lipinski definition) is 1. The highest BCUT2D eigenvalue weighted by molar-refractivity contribution is 5.42. The van der Waals surface area contributed by atoms with Gasteiger partial charge >= 0.3 is 0 Å². The Bertz CT molecular complexity index is 479. The normalized spacial score (nSPS) is 21.1. The van der Waals surface area contributed by atoms with Crippen molar-refractivity contribution in [1.29, 1.82) is 0 Å². The number of likely N-dealkylation sites (tertiary alicyclic amines) is 1. The second-order valence-corrected chi connectivity index (χ2v) is 4.26. The van der Waals surface area contributed by atoms with E-state index in [9.17, 15) is 0 Å². The standard InChI is InChI=1S/C11H14N4O2/c12-8-3-4-15(6-8)7-10-13-14-11(17-10)9-2-1-5-16-9/h1-2,5,8H,3-4,6-7,12H2/t8-/m1/s1. The lowest BCUT2D eigenvalue weighted by Crippen LogP contribution is -2.26. The lowest BCUT2D eigenvalue weighted by molar-refractivity contribution is 0.288. The van der Waals surface area contributed by atoms with Crippen LogP contribution in [-0.4, -0.2) is 34.2 Å². The van der Waals surface area contributed by atoms with Crippen LogP contribution in [0.1, 0.15) is 12.3 Å². The minimum absolute atomic E-state index is 0.266. The minimum Gasteiger partial charge on any atom is -0.459 e. The summed E-state index contributed by atoms with van der Waals surface area (Å²) in [6.45, 7) is 2.53. The zero-order valence-electron chi connectivity index (χ0n) is 9.37. The minimum atomic E-state index is 0.266. The maximum Gasteiger partial charge on any atom is 0.283 e. The van der Waals surface area contributed by atoms with E-state index >= 15 is 0 Å². The van der Waals surface area contributed by atoms with Gasteiger partial charge in [-0.15, -0.1) is 10.2 Å². The van der Waals surface area contributed by atoms with E-state index in [1.54, 1.807) is 18.4 Å². The smallest absolute Gasteiger partial charge is 0.283 e. The van der Waals surface area contributed by atoms with E-state index in [0.29, 0.717) is 24.1 Å². The van der Waals surface area contributed by atoms with Crippen LogP contribution < -0.4 is 5.73 Å². The van der Waals surface area contributed by atoms with Crippen molar-refractivity contribution < 1.29 is 8.83 Å². The van der Waals surface area contributed by atoms with E-state index in [1.807, 2.05) is 0 Å². The topological polar surface area (TPSA) is 81.3 Å². The summed E-state index contributed by atoms with van der Waals surface area (Å²) in [5, 5.41) is 7.95. The average molecular weight is 234 g/mol. The number of nitrogens with zero attached hydrogens (tertiary/aromatic N) is 3. The molecule has 1 aliphatic heterocycles. The predicted molar refractivity (Wildman–Crippen MR) is 59.9 cm³/mol. The summed E-state index contributed by atoms with van der Waals surface area (Å²) < 4.78 is 10.7. The first-order chi connectivity index (χ1) is 8.31. The Kier molecular flexibility index (Phi) is 2.66. The van der Waals surface area contributed by atoms with Gasteiger partial charge in [0.1, 0.15) is 0 Å². The first-order valence-electron chi connectivity index (χ1n) is 5.65. The van der Waals surface area contributed by atoms with Crippen molar-refractivity contribution >= 4 is 0 Å². The van der Waals surface area contributed by atoms with Gasteiger partial charge in [0.05, 0.1) is 12.8 Å². The summed E-state index contributed by atoms with van der Waals surface area (Å²) in [7, 11) is 0. The summed E-state index contributed by atoms with van der Waals surface area (Å²) in [4.78, 5) is 2.21. The largest absolute Gasteiger partial charge is 0.459 e. The summed E-state index contributed by atoms with van der Waals surface area (Å²) in [5.41, 5.74) is 5.84. The highest BCUT2D eigenvalue weighted by atomic mass is 16.4. The molecule has 0 bridgehead atoms. The fourth-order valence-corrected chi connectivity index (χ4v) is 2.01. The third kappa shape index (κ3) is 2.22. The number of nitrogens with two attached hydrogens (primary N) is 1. The summed E-state index contributed by atoms with van der Waals surface area (Å²) in [6, 6.07) is 3.85. The molecule has 0 saturated carbocycles. The second kappa shape index (κ2) is 4.31. The molecule has 1 fully saturated rings. The molecule has 1 saturated heterocycles. The lowest BCUT2D eigenvalue weighted by atomic mass is 10.3. The quantitative estimate of drug-likeness (QED) is 0.848. The molecule has 2 N–H and O–H groups in total. The van der Waals surface area contributed by atoms with Crippen LogP contribution in [0.25, 0.3) is 11.7 Å². The number of aromatic nitrogens is 2. The molecule has 6 nitrogen and oxygen atoms in total. The summed E-state index contributed by atoms with van der Waals surface area (Å²) in [6.07, 6.45) is 2.61. The Morgan fingerprint density at radius 1 is 1.47 bits per heavy atom. The van der Waals surface area contributed by atoms with Gasteiger partial charge in [0.15, 0.2) is 5.76 Å². The molecular formula is C11H14N4O2. The zero-order chi connectivity index (χ0) is 11.7. The Labute approximate surface area is 98.4 Å². The third-order valence-electron chi connectivity index (χ3n) is 2.87. The van der Waals surface area contributed by atoms with Crippen molar-refractivity contribution in [3.63, 3.8) is 0 Å². The molecule has 1 aliphatic rings. The lowest BCUT2D eigenvalue weighted by Gasteiger charge is -2.11. The fourth-order valence-electron chi connectivity index (χ4n) is 2.01. The molecule has 6 heteroatoms. The van der Waals surface area contributed by atoms with Crippen molar-refractivity contribution in [3.8, 4) is 11.7 Å². The van der Waals surface area contributed by atoms with Crippen molar-refractivity contribution in [1.82, 2.24) is 15.1 Å². The van der Waals surface area contributed by atoms with E-state index < -0.39 is 0 Å². The molecule has 2 aromatic rings. The van der Waals surface area contributed by atoms with Crippen LogP contribution in [0.3, 0.4) is 0 Å². The molecule has 0 aromatic carbocycles. The molecule has 0 aliphatic carbocycles. The van der Waals surface area contributed by atoms with Crippen LogP contribution in [0, 0.1) is 0 Å². The third-order valence-corrected chi connectivity index (χ3v) is 2.87. The van der Waals surface area contributed by atoms with E-state index in [2.05, 4.69) is 15.1 Å². The summed E-state index contributed by atoms with van der Waals surface area (Å²) >= 11 is 0. The molecule has 3 rings (SSSR count). The van der Waals surface area contributed by atoms with Gasteiger partial charge in [-0.05, 0) is 18.6 Å². The van der Waals surface area contributed by atoms with Crippen molar-refractivity contribution in [3.05, 3.63) is 24.3 Å². The highest BCUT2D eigenvalue weighted by Gasteiger charge is 2.21. The van der Waals surface area contributed by atoms with E-state index in [0.717, 1.165) is 19.5 Å². The van der Waals surface area contributed by atoms with E-state index in [4.69, 9.17) is 14.6 Å². The van der Waals surface area contributed by atoms with Crippen LogP contribution in [0.4, 0.5) is 0 Å².